The number of hydrogen-bond donors (Lipinski definition) is 1. The second-order valence-electron chi connectivity index (χ2n) is 6.01. The molecule has 5 heteroatoms. The van der Waals surface area contributed by atoms with Gasteiger partial charge in [0.15, 0.2) is 11.6 Å². The fourth-order valence-electron chi connectivity index (χ4n) is 3.19. The zero-order valence-electron chi connectivity index (χ0n) is 12.5. The van der Waals surface area contributed by atoms with Gasteiger partial charge in [-0.05, 0) is 37.8 Å². The molecule has 0 bridgehead atoms. The Bertz CT molecular complexity index is 675. The van der Waals surface area contributed by atoms with Gasteiger partial charge < -0.3 is 14.6 Å². The van der Waals surface area contributed by atoms with E-state index in [-0.39, 0.29) is 0 Å². The third-order valence-electron chi connectivity index (χ3n) is 4.45. The van der Waals surface area contributed by atoms with E-state index < -0.39 is 0 Å². The van der Waals surface area contributed by atoms with E-state index in [1.807, 2.05) is 6.07 Å². The molecule has 1 atom stereocenters. The summed E-state index contributed by atoms with van der Waals surface area (Å²) in [6, 6.07) is 6.57. The molecule has 2 aromatic rings. The first-order chi connectivity index (χ1) is 10.3. The number of aryl methyl sites for hydroxylation is 1. The summed E-state index contributed by atoms with van der Waals surface area (Å²) >= 11 is 0. The number of nitrogens with zero attached hydrogens (tertiary/aromatic N) is 3. The van der Waals surface area contributed by atoms with Crippen LogP contribution in [0.4, 0.5) is 0 Å². The molecular formula is C16H20N4O. The Kier molecular flexibility index (Phi) is 2.96. The van der Waals surface area contributed by atoms with Crippen molar-refractivity contribution in [3.05, 3.63) is 29.6 Å². The summed E-state index contributed by atoms with van der Waals surface area (Å²) in [7, 11) is 1.70. The Morgan fingerprint density at radius 2 is 2.14 bits per heavy atom. The molecule has 0 amide bonds. The lowest BCUT2D eigenvalue weighted by Gasteiger charge is -2.25. The number of methoxy groups -OCH3 is 1. The highest BCUT2D eigenvalue weighted by Crippen LogP contribution is 2.42. The summed E-state index contributed by atoms with van der Waals surface area (Å²) in [4.78, 5) is 0. The smallest absolute Gasteiger partial charge is 0.167 e. The van der Waals surface area contributed by atoms with Gasteiger partial charge in [0.25, 0.3) is 0 Å². The van der Waals surface area contributed by atoms with Gasteiger partial charge in [-0.2, -0.15) is 0 Å². The summed E-state index contributed by atoms with van der Waals surface area (Å²) in [5, 5.41) is 12.5. The molecule has 0 radical (unpaired) electrons. The fourth-order valence-corrected chi connectivity index (χ4v) is 3.19. The van der Waals surface area contributed by atoms with Crippen molar-refractivity contribution in [3.8, 4) is 17.1 Å². The van der Waals surface area contributed by atoms with Gasteiger partial charge in [-0.25, -0.2) is 0 Å². The topological polar surface area (TPSA) is 52.0 Å². The molecule has 0 saturated heterocycles. The molecule has 1 unspecified atom stereocenters. The zero-order valence-corrected chi connectivity index (χ0v) is 12.5. The minimum atomic E-state index is 0.371. The minimum Gasteiger partial charge on any atom is -0.496 e. The van der Waals surface area contributed by atoms with Crippen LogP contribution in [0.3, 0.4) is 0 Å². The molecular weight excluding hydrogens is 264 g/mol. The van der Waals surface area contributed by atoms with Crippen LogP contribution in [-0.4, -0.2) is 28.4 Å². The lowest BCUT2D eigenvalue weighted by atomic mass is 10.1. The van der Waals surface area contributed by atoms with Gasteiger partial charge >= 0.3 is 0 Å². The van der Waals surface area contributed by atoms with Gasteiger partial charge in [0.1, 0.15) is 5.75 Å². The van der Waals surface area contributed by atoms with Gasteiger partial charge in [0.2, 0.25) is 0 Å². The molecule has 1 fully saturated rings. The molecule has 5 nitrogen and oxygen atoms in total. The standard InChI is InChI=1S/C16H20N4O/c1-10-3-6-13(21-2)12(9-10)15-18-19-16-14(11-4-5-11)17-7-8-20(15)16/h3,6,9,11,14,17H,4-5,7-8H2,1-2H3. The van der Waals surface area contributed by atoms with Crippen LogP contribution >= 0.6 is 0 Å². The molecule has 110 valence electrons. The minimum absolute atomic E-state index is 0.371. The Morgan fingerprint density at radius 1 is 1.29 bits per heavy atom. The Labute approximate surface area is 124 Å². The zero-order chi connectivity index (χ0) is 14.4. The Hall–Kier alpha value is -1.88. The van der Waals surface area contributed by atoms with E-state index in [9.17, 15) is 0 Å². The normalized spacial score (nSPS) is 21.1. The van der Waals surface area contributed by atoms with Crippen LogP contribution in [-0.2, 0) is 6.54 Å². The van der Waals surface area contributed by atoms with Crippen molar-refractivity contribution in [2.45, 2.75) is 32.4 Å². The maximum Gasteiger partial charge on any atom is 0.167 e. The number of rotatable bonds is 3. The highest BCUT2D eigenvalue weighted by atomic mass is 16.5. The van der Waals surface area contributed by atoms with Crippen molar-refractivity contribution in [2.75, 3.05) is 13.7 Å². The number of aromatic nitrogens is 3. The predicted octanol–water partition coefficient (Wildman–Crippen LogP) is 2.32. The van der Waals surface area contributed by atoms with Crippen molar-refractivity contribution in [1.29, 1.82) is 0 Å². The van der Waals surface area contributed by atoms with Crippen molar-refractivity contribution < 1.29 is 4.74 Å². The average molecular weight is 284 g/mol. The second kappa shape index (κ2) is 4.84. The molecule has 1 aromatic carbocycles. The van der Waals surface area contributed by atoms with E-state index in [1.165, 1.54) is 18.4 Å². The van der Waals surface area contributed by atoms with Crippen molar-refractivity contribution in [1.82, 2.24) is 20.1 Å². The number of benzene rings is 1. The third-order valence-corrected chi connectivity index (χ3v) is 4.45. The molecule has 1 aromatic heterocycles. The number of hydrogen-bond acceptors (Lipinski definition) is 4. The van der Waals surface area contributed by atoms with Crippen LogP contribution in [0.1, 0.15) is 30.3 Å². The first-order valence-electron chi connectivity index (χ1n) is 7.59. The molecule has 2 heterocycles. The van der Waals surface area contributed by atoms with Crippen molar-refractivity contribution >= 4 is 0 Å². The van der Waals surface area contributed by atoms with E-state index in [0.717, 1.165) is 42.0 Å². The summed E-state index contributed by atoms with van der Waals surface area (Å²) < 4.78 is 7.77. The summed E-state index contributed by atoms with van der Waals surface area (Å²) in [5.41, 5.74) is 2.24. The van der Waals surface area contributed by atoms with Crippen molar-refractivity contribution in [2.24, 2.45) is 5.92 Å². The van der Waals surface area contributed by atoms with Gasteiger partial charge in [-0.1, -0.05) is 11.6 Å². The highest BCUT2D eigenvalue weighted by Gasteiger charge is 2.37. The molecule has 1 saturated carbocycles. The van der Waals surface area contributed by atoms with Crippen LogP contribution in [0.15, 0.2) is 18.2 Å². The quantitative estimate of drug-likeness (QED) is 0.939. The Morgan fingerprint density at radius 3 is 2.90 bits per heavy atom. The second-order valence-corrected chi connectivity index (χ2v) is 6.01. The van der Waals surface area contributed by atoms with Gasteiger partial charge in [0.05, 0.1) is 18.7 Å². The van der Waals surface area contributed by atoms with E-state index in [0.29, 0.717) is 6.04 Å². The number of nitrogens with one attached hydrogen (secondary N) is 1. The SMILES string of the molecule is COc1ccc(C)cc1-c1nnc2n1CCNC2C1CC1. The Balaban J connectivity index is 1.81. The fraction of sp³-hybridized carbons (Fsp3) is 0.500. The summed E-state index contributed by atoms with van der Waals surface area (Å²) in [6.45, 7) is 3.98. The average Bonchev–Trinajstić information content (AvgIpc) is 3.25. The molecule has 0 spiro atoms. The van der Waals surface area contributed by atoms with E-state index in [1.54, 1.807) is 7.11 Å². The van der Waals surface area contributed by atoms with Crippen LogP contribution in [0.5, 0.6) is 5.75 Å². The lowest BCUT2D eigenvalue weighted by Crippen LogP contribution is -2.35. The van der Waals surface area contributed by atoms with Gasteiger partial charge in [0, 0.05) is 13.1 Å². The van der Waals surface area contributed by atoms with Crippen LogP contribution in [0, 0.1) is 12.8 Å². The molecule has 21 heavy (non-hydrogen) atoms. The molecule has 1 aliphatic heterocycles. The maximum atomic E-state index is 5.51. The van der Waals surface area contributed by atoms with E-state index >= 15 is 0 Å². The third kappa shape index (κ3) is 2.12. The lowest BCUT2D eigenvalue weighted by molar-refractivity contribution is 0.382. The first kappa shape index (κ1) is 12.8. The summed E-state index contributed by atoms with van der Waals surface area (Å²) in [5.74, 6) is 3.61. The summed E-state index contributed by atoms with van der Waals surface area (Å²) in [6.07, 6.45) is 2.60. The first-order valence-corrected chi connectivity index (χ1v) is 7.59. The molecule has 2 aliphatic rings. The monoisotopic (exact) mass is 284 g/mol. The van der Waals surface area contributed by atoms with Crippen LogP contribution in [0.25, 0.3) is 11.4 Å². The predicted molar refractivity (Wildman–Crippen MR) is 80.2 cm³/mol. The van der Waals surface area contributed by atoms with E-state index in [2.05, 4.69) is 39.1 Å². The van der Waals surface area contributed by atoms with Gasteiger partial charge in [-0.15, -0.1) is 10.2 Å². The van der Waals surface area contributed by atoms with Crippen molar-refractivity contribution in [3.63, 3.8) is 0 Å². The van der Waals surface area contributed by atoms with Crippen LogP contribution < -0.4 is 10.1 Å². The maximum absolute atomic E-state index is 5.51. The van der Waals surface area contributed by atoms with Crippen LogP contribution in [0.2, 0.25) is 0 Å². The van der Waals surface area contributed by atoms with E-state index in [4.69, 9.17) is 4.74 Å². The number of fused-ring (bicyclic) bond motifs is 1. The number of ether oxygens (including phenoxy) is 1. The largest absolute Gasteiger partial charge is 0.496 e. The van der Waals surface area contributed by atoms with Gasteiger partial charge in [-0.3, -0.25) is 0 Å². The molecule has 1 aliphatic carbocycles. The molecule has 1 N–H and O–H groups in total. The highest BCUT2D eigenvalue weighted by molar-refractivity contribution is 5.65. The molecule has 4 rings (SSSR count).